The summed E-state index contributed by atoms with van der Waals surface area (Å²) in [6.07, 6.45) is 6.18. The van der Waals surface area contributed by atoms with Gasteiger partial charge in [0.1, 0.15) is 11.5 Å². The first-order valence-electron chi connectivity index (χ1n) is 19.0. The fourth-order valence-electron chi connectivity index (χ4n) is 7.65. The number of benzene rings is 8. The Morgan fingerprint density at radius 2 is 0.759 bits per heavy atom. The Balaban J connectivity index is 1.47. The van der Waals surface area contributed by atoms with Gasteiger partial charge in [-0.2, -0.15) is 0 Å². The van der Waals surface area contributed by atoms with Gasteiger partial charge in [0.15, 0.2) is 0 Å². The first kappa shape index (κ1) is 34.8. The summed E-state index contributed by atoms with van der Waals surface area (Å²) >= 11 is 0. The van der Waals surface area contributed by atoms with Gasteiger partial charge in [0, 0.05) is 21.5 Å². The van der Waals surface area contributed by atoms with Crippen LogP contribution < -0.4 is 9.47 Å². The quantitative estimate of drug-likeness (QED) is 0.0763. The van der Waals surface area contributed by atoms with Crippen LogP contribution in [0.5, 0.6) is 11.5 Å². The maximum absolute atomic E-state index is 13.7. The van der Waals surface area contributed by atoms with E-state index in [2.05, 4.69) is 74.5 Å². The summed E-state index contributed by atoms with van der Waals surface area (Å²) in [5, 5.41) is 7.42. The summed E-state index contributed by atoms with van der Waals surface area (Å²) in [7, 11) is 0. The molecule has 0 heterocycles. The molecule has 0 spiro atoms. The molecule has 4 nitrogen and oxygen atoms in total. The van der Waals surface area contributed by atoms with Gasteiger partial charge in [-0.15, -0.1) is 0 Å². The number of hydrogen-bond donors (Lipinski definition) is 0. The predicted octanol–water partition coefficient (Wildman–Crippen LogP) is 13.1. The van der Waals surface area contributed by atoms with Gasteiger partial charge in [0.2, 0.25) is 0 Å². The number of aryl methyl sites for hydroxylation is 2. The Kier molecular flexibility index (Phi) is 9.91. The van der Waals surface area contributed by atoms with Crippen LogP contribution in [0.2, 0.25) is 0 Å². The summed E-state index contributed by atoms with van der Waals surface area (Å²) in [4.78, 5) is 27.4. The van der Waals surface area contributed by atoms with E-state index in [9.17, 15) is 9.59 Å². The second-order valence-corrected chi connectivity index (χ2v) is 14.0. The topological polar surface area (TPSA) is 52.6 Å². The molecule has 8 rings (SSSR count). The van der Waals surface area contributed by atoms with Crippen LogP contribution in [-0.2, 0) is 12.8 Å². The third kappa shape index (κ3) is 6.60. The molecule has 0 aliphatic heterocycles. The minimum Gasteiger partial charge on any atom is -0.422 e. The molecule has 0 bridgehead atoms. The second-order valence-electron chi connectivity index (χ2n) is 14.0. The SMILES string of the molecule is CCCCc1ccc2c(OC(=O)c3ccccc3)c3ccccc3c(-c3c4ccccc4c(OC(=O)c4ccccc4)c4ccc(CCCC)cc34)c2c1. The number of rotatable bonds is 11. The minimum absolute atomic E-state index is 0.397. The standard InChI is InChI=1S/C50H42O4/c1-3-5-17-33-27-29-41-43(31-33)45(37-23-13-15-25-39(37)47(41)53-49(51)35-19-9-7-10-20-35)46-38-24-14-16-26-40(38)48(54-50(52)36-21-11-8-12-22-36)42-30-28-34(18-6-4-2)32-44(42)46/h7-16,19-32H,3-6,17-18H2,1-2H3. The number of fused-ring (bicyclic) bond motifs is 4. The maximum atomic E-state index is 13.7. The second kappa shape index (κ2) is 15.4. The van der Waals surface area contributed by atoms with E-state index in [1.807, 2.05) is 60.7 Å². The first-order chi connectivity index (χ1) is 26.6. The summed E-state index contributed by atoms with van der Waals surface area (Å²) in [6, 6.07) is 47.9. The molecule has 8 aromatic carbocycles. The van der Waals surface area contributed by atoms with Crippen LogP contribution in [0.3, 0.4) is 0 Å². The summed E-state index contributed by atoms with van der Waals surface area (Å²) in [5.74, 6) is 0.300. The largest absolute Gasteiger partial charge is 0.422 e. The number of ether oxygens (including phenoxy) is 2. The zero-order valence-corrected chi connectivity index (χ0v) is 30.7. The van der Waals surface area contributed by atoms with Crippen molar-refractivity contribution < 1.29 is 19.1 Å². The number of carbonyl (C=O) groups is 2. The summed E-state index contributed by atoms with van der Waals surface area (Å²) < 4.78 is 12.8. The molecule has 0 aliphatic carbocycles. The number of carbonyl (C=O) groups excluding carboxylic acids is 2. The fourth-order valence-corrected chi connectivity index (χ4v) is 7.65. The van der Waals surface area contributed by atoms with Crippen LogP contribution in [0.4, 0.5) is 0 Å². The van der Waals surface area contributed by atoms with E-state index in [0.29, 0.717) is 22.6 Å². The summed E-state index contributed by atoms with van der Waals surface area (Å²) in [5.41, 5.74) is 5.58. The zero-order chi connectivity index (χ0) is 37.0. The number of unbranched alkanes of at least 4 members (excludes halogenated alkanes) is 2. The van der Waals surface area contributed by atoms with Gasteiger partial charge in [-0.05, 0) is 93.7 Å². The average Bonchev–Trinajstić information content (AvgIpc) is 3.23. The van der Waals surface area contributed by atoms with Crippen LogP contribution in [0.25, 0.3) is 54.2 Å². The van der Waals surface area contributed by atoms with Crippen LogP contribution in [-0.4, -0.2) is 11.9 Å². The Morgan fingerprint density at radius 1 is 0.407 bits per heavy atom. The van der Waals surface area contributed by atoms with Crippen molar-refractivity contribution in [2.45, 2.75) is 52.4 Å². The van der Waals surface area contributed by atoms with Crippen molar-refractivity contribution in [3.8, 4) is 22.6 Å². The molecular formula is C50H42O4. The molecule has 266 valence electrons. The van der Waals surface area contributed by atoms with Gasteiger partial charge in [-0.25, -0.2) is 9.59 Å². The lowest BCUT2D eigenvalue weighted by Gasteiger charge is -2.22. The van der Waals surface area contributed by atoms with Crippen LogP contribution >= 0.6 is 0 Å². The lowest BCUT2D eigenvalue weighted by Crippen LogP contribution is -2.10. The summed E-state index contributed by atoms with van der Waals surface area (Å²) in [6.45, 7) is 4.42. The van der Waals surface area contributed by atoms with Crippen molar-refractivity contribution in [1.29, 1.82) is 0 Å². The maximum Gasteiger partial charge on any atom is 0.343 e. The van der Waals surface area contributed by atoms with E-state index in [4.69, 9.17) is 9.47 Å². The van der Waals surface area contributed by atoms with Gasteiger partial charge in [-0.3, -0.25) is 0 Å². The fraction of sp³-hybridized carbons (Fsp3) is 0.160. The van der Waals surface area contributed by atoms with Crippen LogP contribution in [0, 0.1) is 0 Å². The molecule has 0 amide bonds. The molecule has 0 aliphatic rings. The molecule has 54 heavy (non-hydrogen) atoms. The smallest absolute Gasteiger partial charge is 0.343 e. The molecule has 0 radical (unpaired) electrons. The molecule has 0 atom stereocenters. The van der Waals surface area contributed by atoms with Gasteiger partial charge in [0.25, 0.3) is 0 Å². The normalized spacial score (nSPS) is 11.4. The highest BCUT2D eigenvalue weighted by atomic mass is 16.5. The van der Waals surface area contributed by atoms with Crippen molar-refractivity contribution >= 4 is 55.0 Å². The van der Waals surface area contributed by atoms with E-state index in [1.54, 1.807) is 24.3 Å². The highest BCUT2D eigenvalue weighted by Gasteiger charge is 2.25. The predicted molar refractivity (Wildman–Crippen MR) is 222 cm³/mol. The van der Waals surface area contributed by atoms with Gasteiger partial charge in [0.05, 0.1) is 11.1 Å². The van der Waals surface area contributed by atoms with Gasteiger partial charge < -0.3 is 9.47 Å². The lowest BCUT2D eigenvalue weighted by atomic mass is 9.84. The van der Waals surface area contributed by atoms with Crippen molar-refractivity contribution in [3.05, 3.63) is 168 Å². The third-order valence-corrected chi connectivity index (χ3v) is 10.4. The van der Waals surface area contributed by atoms with Crippen molar-refractivity contribution in [1.82, 2.24) is 0 Å². The molecular weight excluding hydrogens is 665 g/mol. The Bertz CT molecular complexity index is 2470. The van der Waals surface area contributed by atoms with Crippen LogP contribution in [0.15, 0.2) is 146 Å². The van der Waals surface area contributed by atoms with Crippen LogP contribution in [0.1, 0.15) is 71.4 Å². The highest BCUT2D eigenvalue weighted by molar-refractivity contribution is 6.27. The van der Waals surface area contributed by atoms with E-state index in [0.717, 1.165) is 92.7 Å². The van der Waals surface area contributed by atoms with Crippen molar-refractivity contribution in [2.24, 2.45) is 0 Å². The molecule has 0 aromatic heterocycles. The van der Waals surface area contributed by atoms with Gasteiger partial charge >= 0.3 is 11.9 Å². The third-order valence-electron chi connectivity index (χ3n) is 10.4. The molecule has 0 fully saturated rings. The van der Waals surface area contributed by atoms with E-state index in [-0.39, 0.29) is 0 Å². The monoisotopic (exact) mass is 706 g/mol. The number of esters is 2. The Labute approximate surface area is 316 Å². The first-order valence-corrected chi connectivity index (χ1v) is 19.0. The Morgan fingerprint density at radius 3 is 1.15 bits per heavy atom. The highest BCUT2D eigenvalue weighted by Crippen LogP contribution is 2.50. The molecule has 0 saturated heterocycles. The van der Waals surface area contributed by atoms with Crippen molar-refractivity contribution in [3.63, 3.8) is 0 Å². The lowest BCUT2D eigenvalue weighted by molar-refractivity contribution is 0.0730. The number of hydrogen-bond acceptors (Lipinski definition) is 4. The average molecular weight is 707 g/mol. The van der Waals surface area contributed by atoms with E-state index < -0.39 is 11.9 Å². The zero-order valence-electron chi connectivity index (χ0n) is 30.7. The van der Waals surface area contributed by atoms with Crippen molar-refractivity contribution in [2.75, 3.05) is 0 Å². The minimum atomic E-state index is -0.397. The molecule has 0 saturated carbocycles. The molecule has 8 aromatic rings. The molecule has 0 N–H and O–H groups in total. The van der Waals surface area contributed by atoms with Gasteiger partial charge in [-0.1, -0.05) is 148 Å². The van der Waals surface area contributed by atoms with E-state index in [1.165, 1.54) is 11.1 Å². The van der Waals surface area contributed by atoms with E-state index >= 15 is 0 Å². The molecule has 0 unspecified atom stereocenters. The Hall–Kier alpha value is -6.26. The molecule has 4 heteroatoms.